The zero-order valence-electron chi connectivity index (χ0n) is 14.8. The molecule has 0 aliphatic rings. The second kappa shape index (κ2) is 7.31. The minimum atomic E-state index is -0.299. The molecular formula is C20H20N2O4. The number of carbonyl (C=O) groups is 1. The van der Waals surface area contributed by atoms with Crippen LogP contribution in [0, 0.1) is 0 Å². The van der Waals surface area contributed by atoms with E-state index in [1.54, 1.807) is 31.4 Å². The molecule has 0 saturated heterocycles. The van der Waals surface area contributed by atoms with Crippen LogP contribution < -0.4 is 15.2 Å². The van der Waals surface area contributed by atoms with Crippen molar-refractivity contribution in [2.45, 2.75) is 20.0 Å². The molecule has 6 heteroatoms. The first kappa shape index (κ1) is 17.5. The quantitative estimate of drug-likeness (QED) is 0.525. The third kappa shape index (κ3) is 3.69. The van der Waals surface area contributed by atoms with Gasteiger partial charge in [0.15, 0.2) is 17.3 Å². The van der Waals surface area contributed by atoms with Gasteiger partial charge in [-0.1, -0.05) is 12.1 Å². The number of carbonyl (C=O) groups excluding carboxylic acids is 1. The molecule has 3 rings (SSSR count). The number of nitrogens with one attached hydrogen (secondary N) is 2. The van der Waals surface area contributed by atoms with E-state index < -0.39 is 0 Å². The van der Waals surface area contributed by atoms with Crippen LogP contribution >= 0.6 is 0 Å². The van der Waals surface area contributed by atoms with Crippen LogP contribution in [0.25, 0.3) is 17.1 Å². The maximum absolute atomic E-state index is 12.5. The Morgan fingerprint density at radius 1 is 1.12 bits per heavy atom. The second-order valence-electron chi connectivity index (χ2n) is 6.08. The van der Waals surface area contributed by atoms with E-state index >= 15 is 0 Å². The summed E-state index contributed by atoms with van der Waals surface area (Å²) in [6, 6.07) is 10.5. The van der Waals surface area contributed by atoms with Gasteiger partial charge < -0.3 is 19.4 Å². The van der Waals surface area contributed by atoms with E-state index in [1.807, 2.05) is 32.0 Å². The summed E-state index contributed by atoms with van der Waals surface area (Å²) in [5.74, 6) is 1.03. The SMILES string of the molecule is COc1cccc(C=CC(=O)c2ccc3[nH]c(=O)[nH]c3c2)c1OC(C)C. The zero-order valence-corrected chi connectivity index (χ0v) is 14.8. The third-order valence-electron chi connectivity index (χ3n) is 3.80. The lowest BCUT2D eigenvalue weighted by atomic mass is 10.1. The van der Waals surface area contributed by atoms with E-state index in [9.17, 15) is 9.59 Å². The van der Waals surface area contributed by atoms with Crippen LogP contribution in [-0.4, -0.2) is 29.0 Å². The number of fused-ring (bicyclic) bond motifs is 1. The van der Waals surface area contributed by atoms with E-state index in [4.69, 9.17) is 9.47 Å². The molecule has 0 atom stereocenters. The minimum absolute atomic E-state index is 0.0260. The molecular weight excluding hydrogens is 332 g/mol. The highest BCUT2D eigenvalue weighted by Crippen LogP contribution is 2.33. The number of aromatic amines is 2. The molecule has 1 aromatic heterocycles. The van der Waals surface area contributed by atoms with E-state index in [0.717, 1.165) is 5.56 Å². The minimum Gasteiger partial charge on any atom is -0.493 e. The summed E-state index contributed by atoms with van der Waals surface area (Å²) in [4.78, 5) is 29.1. The fourth-order valence-corrected chi connectivity index (χ4v) is 2.63. The summed E-state index contributed by atoms with van der Waals surface area (Å²) in [5, 5.41) is 0. The fraction of sp³-hybridized carbons (Fsp3) is 0.200. The monoisotopic (exact) mass is 352 g/mol. The lowest BCUT2D eigenvalue weighted by molar-refractivity contribution is 0.104. The van der Waals surface area contributed by atoms with Gasteiger partial charge in [-0.3, -0.25) is 4.79 Å². The van der Waals surface area contributed by atoms with Crippen molar-refractivity contribution in [3.63, 3.8) is 0 Å². The summed E-state index contributed by atoms with van der Waals surface area (Å²) in [7, 11) is 1.58. The van der Waals surface area contributed by atoms with Gasteiger partial charge in [-0.15, -0.1) is 0 Å². The lowest BCUT2D eigenvalue weighted by Crippen LogP contribution is -2.08. The van der Waals surface area contributed by atoms with Crippen molar-refractivity contribution >= 4 is 22.9 Å². The van der Waals surface area contributed by atoms with Crippen molar-refractivity contribution < 1.29 is 14.3 Å². The standard InChI is InChI=1S/C20H20N2O4/c1-12(2)26-19-13(5-4-6-18(19)25-3)8-10-17(23)14-7-9-15-16(11-14)22-20(24)21-15/h4-12H,1-3H3,(H2,21,22,24). The molecule has 0 aliphatic heterocycles. The number of imidazole rings is 1. The van der Waals surface area contributed by atoms with Crippen molar-refractivity contribution in [1.82, 2.24) is 9.97 Å². The molecule has 26 heavy (non-hydrogen) atoms. The molecule has 0 saturated carbocycles. The first-order chi connectivity index (χ1) is 12.5. The number of rotatable bonds is 6. The number of aromatic nitrogens is 2. The molecule has 0 spiro atoms. The number of ether oxygens (including phenoxy) is 2. The first-order valence-corrected chi connectivity index (χ1v) is 8.26. The Morgan fingerprint density at radius 3 is 2.62 bits per heavy atom. The predicted molar refractivity (Wildman–Crippen MR) is 101 cm³/mol. The van der Waals surface area contributed by atoms with Crippen LogP contribution in [0.2, 0.25) is 0 Å². The maximum Gasteiger partial charge on any atom is 0.323 e. The predicted octanol–water partition coefficient (Wildman–Crippen LogP) is 3.55. The lowest BCUT2D eigenvalue weighted by Gasteiger charge is -2.15. The molecule has 134 valence electrons. The number of methoxy groups -OCH3 is 1. The van der Waals surface area contributed by atoms with Crippen molar-refractivity contribution in [1.29, 1.82) is 0 Å². The Labute approximate surface area is 150 Å². The number of hydrogen-bond acceptors (Lipinski definition) is 4. The van der Waals surface area contributed by atoms with Crippen molar-refractivity contribution in [2.75, 3.05) is 7.11 Å². The average Bonchev–Trinajstić information content (AvgIpc) is 2.99. The summed E-state index contributed by atoms with van der Waals surface area (Å²) >= 11 is 0. The van der Waals surface area contributed by atoms with E-state index in [0.29, 0.717) is 28.1 Å². The molecule has 0 amide bonds. The molecule has 3 aromatic rings. The first-order valence-electron chi connectivity index (χ1n) is 8.26. The number of ketones is 1. The van der Waals surface area contributed by atoms with E-state index in [2.05, 4.69) is 9.97 Å². The van der Waals surface area contributed by atoms with Gasteiger partial charge >= 0.3 is 5.69 Å². The van der Waals surface area contributed by atoms with Gasteiger partial charge in [-0.05, 0) is 50.3 Å². The molecule has 0 bridgehead atoms. The number of para-hydroxylation sites is 1. The number of benzene rings is 2. The van der Waals surface area contributed by atoms with E-state index in [1.165, 1.54) is 6.08 Å². The number of hydrogen-bond donors (Lipinski definition) is 2. The van der Waals surface area contributed by atoms with Gasteiger partial charge in [-0.2, -0.15) is 0 Å². The van der Waals surface area contributed by atoms with Crippen LogP contribution in [0.1, 0.15) is 29.8 Å². The fourth-order valence-electron chi connectivity index (χ4n) is 2.63. The number of H-pyrrole nitrogens is 2. The van der Waals surface area contributed by atoms with Gasteiger partial charge in [0.05, 0.1) is 24.2 Å². The van der Waals surface area contributed by atoms with E-state index in [-0.39, 0.29) is 17.6 Å². The van der Waals surface area contributed by atoms with Gasteiger partial charge in [0, 0.05) is 11.1 Å². The summed E-state index contributed by atoms with van der Waals surface area (Å²) < 4.78 is 11.2. The van der Waals surface area contributed by atoms with Crippen LogP contribution in [0.5, 0.6) is 11.5 Å². The normalized spacial score (nSPS) is 11.4. The third-order valence-corrected chi connectivity index (χ3v) is 3.80. The number of allylic oxidation sites excluding steroid dienone is 1. The average molecular weight is 352 g/mol. The van der Waals surface area contributed by atoms with Gasteiger partial charge in [-0.25, -0.2) is 4.79 Å². The van der Waals surface area contributed by atoms with Gasteiger partial charge in [0.1, 0.15) is 0 Å². The highest BCUT2D eigenvalue weighted by atomic mass is 16.5. The summed E-state index contributed by atoms with van der Waals surface area (Å²) in [5.41, 5.74) is 2.20. The van der Waals surface area contributed by atoms with Crippen LogP contribution in [0.4, 0.5) is 0 Å². The molecule has 0 unspecified atom stereocenters. The molecule has 2 aromatic carbocycles. The van der Waals surface area contributed by atoms with Crippen LogP contribution in [0.3, 0.4) is 0 Å². The van der Waals surface area contributed by atoms with Crippen LogP contribution in [-0.2, 0) is 0 Å². The Balaban J connectivity index is 1.90. The Bertz CT molecular complexity index is 1030. The second-order valence-corrected chi connectivity index (χ2v) is 6.08. The molecule has 6 nitrogen and oxygen atoms in total. The van der Waals surface area contributed by atoms with Crippen molar-refractivity contribution in [2.24, 2.45) is 0 Å². The largest absolute Gasteiger partial charge is 0.493 e. The maximum atomic E-state index is 12.5. The van der Waals surface area contributed by atoms with Gasteiger partial charge in [0.25, 0.3) is 0 Å². The highest BCUT2D eigenvalue weighted by molar-refractivity contribution is 6.08. The van der Waals surface area contributed by atoms with Gasteiger partial charge in [0.2, 0.25) is 0 Å². The Morgan fingerprint density at radius 2 is 1.88 bits per heavy atom. The van der Waals surface area contributed by atoms with Crippen LogP contribution in [0.15, 0.2) is 47.3 Å². The molecule has 1 heterocycles. The smallest absolute Gasteiger partial charge is 0.323 e. The summed E-state index contributed by atoms with van der Waals surface area (Å²) in [6.45, 7) is 3.86. The highest BCUT2D eigenvalue weighted by Gasteiger charge is 2.11. The Kier molecular flexibility index (Phi) is 4.93. The molecule has 2 N–H and O–H groups in total. The molecule has 0 fully saturated rings. The Hall–Kier alpha value is -3.28. The van der Waals surface area contributed by atoms with Crippen molar-refractivity contribution in [3.8, 4) is 11.5 Å². The topological polar surface area (TPSA) is 84.2 Å². The summed E-state index contributed by atoms with van der Waals surface area (Å²) in [6.07, 6.45) is 3.16. The molecule has 0 aliphatic carbocycles. The zero-order chi connectivity index (χ0) is 18.7. The van der Waals surface area contributed by atoms with Crippen molar-refractivity contribution in [3.05, 3.63) is 64.1 Å². The molecule has 0 radical (unpaired) electrons.